The molecule has 246 valence electrons. The molecule has 0 amide bonds. The molecule has 2 aliphatic rings. The van der Waals surface area contributed by atoms with Crippen LogP contribution in [0.15, 0.2) is 182 Å². The topological polar surface area (TPSA) is 0 Å². The summed E-state index contributed by atoms with van der Waals surface area (Å²) in [5, 5.41) is 12.9. The standard InChI is InChI=1S/C53H34/c1-2-11-34-27-35(19-17-32(34)9-1)36-21-25-42-48(29-36)49-30-39(23-26-43(49)51-31-50(42)51)53-46-15-7-5-13-44(46)52(45-14-6-8-16-47(45)53)38-22-24-41-37(28-38)20-18-33-10-3-4-12-40(33)41/h1-30,50-51H,31H2. The second kappa shape index (κ2) is 11.0. The van der Waals surface area contributed by atoms with Crippen LogP contribution < -0.4 is 0 Å². The molecule has 12 rings (SSSR count). The molecule has 0 spiro atoms. The minimum absolute atomic E-state index is 0.624. The first kappa shape index (κ1) is 29.1. The van der Waals surface area contributed by atoms with Crippen molar-refractivity contribution >= 4 is 53.9 Å². The van der Waals surface area contributed by atoms with Crippen LogP contribution in [0.1, 0.15) is 29.4 Å². The monoisotopic (exact) mass is 670 g/mol. The van der Waals surface area contributed by atoms with Crippen molar-refractivity contribution in [2.75, 3.05) is 0 Å². The summed E-state index contributed by atoms with van der Waals surface area (Å²) in [5.41, 5.74) is 13.6. The van der Waals surface area contributed by atoms with E-state index in [1.54, 1.807) is 0 Å². The van der Waals surface area contributed by atoms with Gasteiger partial charge in [-0.1, -0.05) is 158 Å². The largest absolute Gasteiger partial charge is 0.0616 e. The molecular formula is C53H34. The Kier molecular flexibility index (Phi) is 6.04. The molecule has 0 heterocycles. The average molecular weight is 671 g/mol. The summed E-state index contributed by atoms with van der Waals surface area (Å²) in [4.78, 5) is 0. The lowest BCUT2D eigenvalue weighted by atomic mass is 9.81. The molecule has 0 aromatic heterocycles. The minimum Gasteiger partial charge on any atom is -0.0616 e. The van der Waals surface area contributed by atoms with Crippen LogP contribution in [0, 0.1) is 0 Å². The molecule has 53 heavy (non-hydrogen) atoms. The predicted octanol–water partition coefficient (Wildman–Crippen LogP) is 14.7. The molecule has 0 N–H and O–H groups in total. The average Bonchev–Trinajstić information content (AvgIpc) is 4.04. The van der Waals surface area contributed by atoms with E-state index in [4.69, 9.17) is 0 Å². The van der Waals surface area contributed by atoms with Crippen LogP contribution in [-0.2, 0) is 0 Å². The van der Waals surface area contributed by atoms with Crippen LogP contribution in [0.5, 0.6) is 0 Å². The molecule has 0 heteroatoms. The van der Waals surface area contributed by atoms with E-state index in [0.29, 0.717) is 11.8 Å². The van der Waals surface area contributed by atoms with Gasteiger partial charge in [-0.2, -0.15) is 0 Å². The van der Waals surface area contributed by atoms with Gasteiger partial charge >= 0.3 is 0 Å². The summed E-state index contributed by atoms with van der Waals surface area (Å²) in [6, 6.07) is 68.5. The molecule has 0 nitrogen and oxygen atoms in total. The predicted molar refractivity (Wildman–Crippen MR) is 226 cm³/mol. The fraction of sp³-hybridized carbons (Fsp3) is 0.0566. The zero-order valence-corrected chi connectivity index (χ0v) is 29.2. The molecule has 0 radical (unpaired) electrons. The third-order valence-electron chi connectivity index (χ3n) is 12.3. The highest BCUT2D eigenvalue weighted by molar-refractivity contribution is 6.22. The van der Waals surface area contributed by atoms with Crippen molar-refractivity contribution in [3.63, 3.8) is 0 Å². The first-order valence-electron chi connectivity index (χ1n) is 18.9. The van der Waals surface area contributed by atoms with Gasteiger partial charge in [0, 0.05) is 0 Å². The Labute approximate surface area is 308 Å². The molecule has 0 saturated heterocycles. The summed E-state index contributed by atoms with van der Waals surface area (Å²) in [6.07, 6.45) is 1.25. The van der Waals surface area contributed by atoms with E-state index in [1.165, 1.54) is 116 Å². The van der Waals surface area contributed by atoms with Crippen molar-refractivity contribution in [3.05, 3.63) is 193 Å². The van der Waals surface area contributed by atoms with E-state index in [0.717, 1.165) is 0 Å². The smallest absolute Gasteiger partial charge is 0.00262 e. The molecule has 0 aliphatic heterocycles. The molecule has 10 aromatic rings. The van der Waals surface area contributed by atoms with E-state index in [9.17, 15) is 0 Å². The lowest BCUT2D eigenvalue weighted by Gasteiger charge is -2.23. The fourth-order valence-electron chi connectivity index (χ4n) is 9.73. The van der Waals surface area contributed by atoms with E-state index < -0.39 is 0 Å². The fourth-order valence-corrected chi connectivity index (χ4v) is 9.73. The maximum Gasteiger partial charge on any atom is -0.00262 e. The Hall–Kier alpha value is -6.50. The Bertz CT molecular complexity index is 3100. The maximum absolute atomic E-state index is 2.52. The second-order valence-electron chi connectivity index (χ2n) is 15.2. The van der Waals surface area contributed by atoms with Gasteiger partial charge in [0.15, 0.2) is 0 Å². The lowest BCUT2D eigenvalue weighted by molar-refractivity contribution is 1.01. The molecule has 1 fully saturated rings. The highest BCUT2D eigenvalue weighted by atomic mass is 14.5. The third kappa shape index (κ3) is 4.36. The van der Waals surface area contributed by atoms with Gasteiger partial charge in [-0.3, -0.25) is 0 Å². The third-order valence-corrected chi connectivity index (χ3v) is 12.3. The SMILES string of the molecule is c1ccc2cc(-c3ccc4c(c3)-c3cc(-c5c6ccccc6c(-c6ccc7c(ccc8ccccc87)c6)c6ccccc56)ccc3C3CC43)ccc2c1. The van der Waals surface area contributed by atoms with Crippen molar-refractivity contribution in [1.29, 1.82) is 0 Å². The Morgan fingerprint density at radius 1 is 0.283 bits per heavy atom. The molecule has 2 unspecified atom stereocenters. The van der Waals surface area contributed by atoms with Crippen LogP contribution in [0.25, 0.3) is 98.4 Å². The van der Waals surface area contributed by atoms with Gasteiger partial charge in [0.1, 0.15) is 0 Å². The summed E-state index contributed by atoms with van der Waals surface area (Å²) >= 11 is 0. The Morgan fingerprint density at radius 2 is 0.698 bits per heavy atom. The van der Waals surface area contributed by atoms with Gasteiger partial charge in [-0.05, 0) is 152 Å². The van der Waals surface area contributed by atoms with Gasteiger partial charge in [0.05, 0.1) is 0 Å². The summed E-state index contributed by atoms with van der Waals surface area (Å²) in [7, 11) is 0. The maximum atomic E-state index is 2.52. The summed E-state index contributed by atoms with van der Waals surface area (Å²) < 4.78 is 0. The minimum atomic E-state index is 0.624. The van der Waals surface area contributed by atoms with Gasteiger partial charge in [-0.25, -0.2) is 0 Å². The lowest BCUT2D eigenvalue weighted by Crippen LogP contribution is -2.00. The first-order chi connectivity index (χ1) is 26.3. The molecule has 0 bridgehead atoms. The quantitative estimate of drug-likeness (QED) is 0.130. The normalized spacial score (nSPS) is 15.8. The number of hydrogen-bond acceptors (Lipinski definition) is 0. The number of hydrogen-bond donors (Lipinski definition) is 0. The van der Waals surface area contributed by atoms with E-state index in [-0.39, 0.29) is 0 Å². The highest BCUT2D eigenvalue weighted by Crippen LogP contribution is 2.63. The van der Waals surface area contributed by atoms with Gasteiger partial charge < -0.3 is 0 Å². The van der Waals surface area contributed by atoms with Crippen molar-refractivity contribution < 1.29 is 0 Å². The van der Waals surface area contributed by atoms with Crippen molar-refractivity contribution in [2.45, 2.75) is 18.3 Å². The van der Waals surface area contributed by atoms with Gasteiger partial charge in [0.2, 0.25) is 0 Å². The molecule has 1 saturated carbocycles. The van der Waals surface area contributed by atoms with Crippen LogP contribution in [-0.4, -0.2) is 0 Å². The zero-order chi connectivity index (χ0) is 34.6. The molecular weight excluding hydrogens is 637 g/mol. The van der Waals surface area contributed by atoms with Crippen LogP contribution in [0.3, 0.4) is 0 Å². The van der Waals surface area contributed by atoms with Crippen LogP contribution in [0.4, 0.5) is 0 Å². The van der Waals surface area contributed by atoms with Crippen LogP contribution in [0.2, 0.25) is 0 Å². The van der Waals surface area contributed by atoms with Gasteiger partial charge in [-0.15, -0.1) is 0 Å². The second-order valence-corrected chi connectivity index (χ2v) is 15.2. The van der Waals surface area contributed by atoms with Crippen molar-refractivity contribution in [1.82, 2.24) is 0 Å². The van der Waals surface area contributed by atoms with Gasteiger partial charge in [0.25, 0.3) is 0 Å². The van der Waals surface area contributed by atoms with Crippen molar-refractivity contribution in [3.8, 4) is 44.5 Å². The first-order valence-corrected chi connectivity index (χ1v) is 18.9. The van der Waals surface area contributed by atoms with E-state index in [2.05, 4.69) is 182 Å². The number of fused-ring (bicyclic) bond motifs is 12. The molecule has 2 aliphatic carbocycles. The van der Waals surface area contributed by atoms with E-state index in [1.807, 2.05) is 0 Å². The van der Waals surface area contributed by atoms with Crippen LogP contribution >= 0.6 is 0 Å². The van der Waals surface area contributed by atoms with E-state index >= 15 is 0 Å². The summed E-state index contributed by atoms with van der Waals surface area (Å²) in [6.45, 7) is 0. The van der Waals surface area contributed by atoms with Crippen molar-refractivity contribution in [2.24, 2.45) is 0 Å². The molecule has 2 atom stereocenters. The summed E-state index contributed by atoms with van der Waals surface area (Å²) in [5.74, 6) is 1.26. The number of benzene rings is 10. The Morgan fingerprint density at radius 3 is 1.38 bits per heavy atom. The Balaban J connectivity index is 1.06. The zero-order valence-electron chi connectivity index (χ0n) is 29.2. The number of rotatable bonds is 3. The highest BCUT2D eigenvalue weighted by Gasteiger charge is 2.45. The molecule has 10 aromatic carbocycles.